The number of hydrogen-bond donors (Lipinski definition) is 2. The fourth-order valence-electron chi connectivity index (χ4n) is 6.55. The Bertz CT molecular complexity index is 612. The van der Waals surface area contributed by atoms with E-state index in [0.29, 0.717) is 0 Å². The Kier molecular flexibility index (Phi) is 5.84. The van der Waals surface area contributed by atoms with Gasteiger partial charge < -0.3 is 31.4 Å². The number of hydrogen-bond acceptors (Lipinski definition) is 6. The maximum atomic E-state index is 6.54. The SMILES string of the molecule is CO[C@@H]1[C@@H](OC)[C@@H]2C[C@]3(CCC[C@@H](C)O3)NC3=[N+]2[C@H]1C[C@]1(CCC[C@@H](C)O1)N3.[Cl-]. The van der Waals surface area contributed by atoms with E-state index in [1.54, 1.807) is 0 Å². The summed E-state index contributed by atoms with van der Waals surface area (Å²) in [6.45, 7) is 4.37. The fraction of sp³-hybridized carbons (Fsp3) is 0.952. The third kappa shape index (κ3) is 3.47. The van der Waals surface area contributed by atoms with Gasteiger partial charge in [0, 0.05) is 39.9 Å². The second kappa shape index (κ2) is 7.83. The summed E-state index contributed by atoms with van der Waals surface area (Å²) in [6, 6.07) is 0.486. The van der Waals surface area contributed by atoms with Crippen LogP contribution in [0.3, 0.4) is 0 Å². The normalized spacial score (nSPS) is 48.7. The van der Waals surface area contributed by atoms with Gasteiger partial charge in [-0.2, -0.15) is 0 Å². The van der Waals surface area contributed by atoms with Gasteiger partial charge in [0.2, 0.25) is 0 Å². The highest BCUT2D eigenvalue weighted by Gasteiger charge is 2.64. The molecule has 3 saturated heterocycles. The first-order valence-corrected chi connectivity index (χ1v) is 11.1. The van der Waals surface area contributed by atoms with Crippen LogP contribution < -0.4 is 23.0 Å². The monoisotopic (exact) mass is 429 g/mol. The van der Waals surface area contributed by atoms with E-state index in [9.17, 15) is 0 Å². The summed E-state index contributed by atoms with van der Waals surface area (Å²) in [5.74, 6) is 1.05. The Morgan fingerprint density at radius 3 is 1.69 bits per heavy atom. The average molecular weight is 430 g/mol. The van der Waals surface area contributed by atoms with Crippen molar-refractivity contribution in [2.75, 3.05) is 14.2 Å². The zero-order chi connectivity index (χ0) is 19.5. The second-order valence-electron chi connectivity index (χ2n) is 9.58. The van der Waals surface area contributed by atoms with Crippen LogP contribution in [0.1, 0.15) is 65.2 Å². The van der Waals surface area contributed by atoms with Gasteiger partial charge in [0.1, 0.15) is 24.3 Å². The molecule has 0 saturated carbocycles. The zero-order valence-electron chi connectivity index (χ0n) is 18.1. The van der Waals surface area contributed by atoms with Crippen LogP contribution >= 0.6 is 0 Å². The van der Waals surface area contributed by atoms with Crippen molar-refractivity contribution >= 4 is 5.96 Å². The first-order chi connectivity index (χ1) is 13.5. The van der Waals surface area contributed by atoms with Crippen molar-refractivity contribution in [3.63, 3.8) is 0 Å². The molecule has 0 aromatic heterocycles. The summed E-state index contributed by atoms with van der Waals surface area (Å²) in [6.07, 6.45) is 9.11. The van der Waals surface area contributed by atoms with Crippen LogP contribution in [0.25, 0.3) is 0 Å². The fourth-order valence-corrected chi connectivity index (χ4v) is 6.55. The number of guanidine groups is 1. The molecule has 0 bridgehead atoms. The van der Waals surface area contributed by atoms with Crippen LogP contribution in [0.2, 0.25) is 0 Å². The van der Waals surface area contributed by atoms with Crippen molar-refractivity contribution in [2.45, 2.75) is 113 Å². The van der Waals surface area contributed by atoms with E-state index in [1.807, 2.05) is 14.2 Å². The predicted molar refractivity (Wildman–Crippen MR) is 104 cm³/mol. The Balaban J connectivity index is 0.00000205. The summed E-state index contributed by atoms with van der Waals surface area (Å²) in [4.78, 5) is 0. The van der Waals surface area contributed by atoms with Crippen LogP contribution in [0.4, 0.5) is 0 Å². The Hall–Kier alpha value is -0.600. The molecule has 0 unspecified atom stereocenters. The molecule has 5 aliphatic heterocycles. The van der Waals surface area contributed by atoms with Gasteiger partial charge in [-0.1, -0.05) is 0 Å². The highest BCUT2D eigenvalue weighted by molar-refractivity contribution is 5.77. The molecule has 5 heterocycles. The molecule has 5 rings (SSSR count). The predicted octanol–water partition coefficient (Wildman–Crippen LogP) is -1.30. The molecule has 8 heteroatoms. The van der Waals surface area contributed by atoms with E-state index in [-0.39, 0.29) is 60.4 Å². The number of nitrogens with zero attached hydrogens (tertiary/aromatic N) is 1. The molecule has 8 atom stereocenters. The maximum Gasteiger partial charge on any atom is 0.351 e. The molecule has 3 fully saturated rings. The van der Waals surface area contributed by atoms with E-state index in [4.69, 9.17) is 18.9 Å². The molecular weight excluding hydrogens is 394 g/mol. The van der Waals surface area contributed by atoms with Gasteiger partial charge in [-0.3, -0.25) is 4.58 Å². The van der Waals surface area contributed by atoms with Crippen molar-refractivity contribution in [3.8, 4) is 0 Å². The van der Waals surface area contributed by atoms with E-state index in [0.717, 1.165) is 44.5 Å². The molecule has 5 aliphatic rings. The lowest BCUT2D eigenvalue weighted by molar-refractivity contribution is -0.609. The van der Waals surface area contributed by atoms with Crippen LogP contribution in [0.5, 0.6) is 0 Å². The first-order valence-electron chi connectivity index (χ1n) is 11.1. The lowest BCUT2D eigenvalue weighted by Crippen LogP contribution is -3.00. The summed E-state index contributed by atoms with van der Waals surface area (Å²) in [7, 11) is 3.63. The van der Waals surface area contributed by atoms with Gasteiger partial charge in [-0.15, -0.1) is 0 Å². The summed E-state index contributed by atoms with van der Waals surface area (Å²) < 4.78 is 27.6. The minimum Gasteiger partial charge on any atom is -1.00 e. The molecule has 29 heavy (non-hydrogen) atoms. The lowest BCUT2D eigenvalue weighted by atomic mass is 9.89. The molecular formula is C21H36ClN3O4. The minimum absolute atomic E-state index is 0. The van der Waals surface area contributed by atoms with Crippen molar-refractivity contribution < 1.29 is 35.9 Å². The largest absolute Gasteiger partial charge is 1.00 e. The number of rotatable bonds is 2. The maximum absolute atomic E-state index is 6.54. The summed E-state index contributed by atoms with van der Waals surface area (Å²) >= 11 is 0. The van der Waals surface area contributed by atoms with Crippen molar-refractivity contribution in [1.29, 1.82) is 0 Å². The van der Waals surface area contributed by atoms with Gasteiger partial charge in [0.25, 0.3) is 0 Å². The smallest absolute Gasteiger partial charge is 0.351 e. The molecule has 0 radical (unpaired) electrons. The van der Waals surface area contributed by atoms with Gasteiger partial charge >= 0.3 is 5.96 Å². The van der Waals surface area contributed by atoms with Crippen molar-refractivity contribution in [1.82, 2.24) is 10.6 Å². The van der Waals surface area contributed by atoms with Crippen LogP contribution in [0.15, 0.2) is 0 Å². The minimum atomic E-state index is -0.329. The Morgan fingerprint density at radius 1 is 0.862 bits per heavy atom. The lowest BCUT2D eigenvalue weighted by Gasteiger charge is -2.48. The van der Waals surface area contributed by atoms with Crippen molar-refractivity contribution in [3.05, 3.63) is 0 Å². The number of nitrogens with one attached hydrogen (secondary N) is 2. The molecule has 0 aromatic carbocycles. The standard InChI is InChI=1S/C21H35N3O4.ClH/c1-13-7-5-9-20(27-13)11-15-17(25-3)18(26-4)16-12-21(10-6-8-14(2)28-21)23-19(22-20)24(15)16;/h13-18H,5-12H2,1-4H3,(H,22,23);1H/t13-,14-,15+,16+,17+,18+,20-,21-;/m1./s1. The first kappa shape index (κ1) is 21.6. The molecule has 2 N–H and O–H groups in total. The van der Waals surface area contributed by atoms with Crippen molar-refractivity contribution in [2.24, 2.45) is 0 Å². The molecule has 7 nitrogen and oxygen atoms in total. The molecule has 166 valence electrons. The van der Waals surface area contributed by atoms with Gasteiger partial charge in [-0.25, -0.2) is 10.6 Å². The Morgan fingerprint density at radius 2 is 1.31 bits per heavy atom. The van der Waals surface area contributed by atoms with Gasteiger partial charge in [0.05, 0.1) is 12.2 Å². The molecule has 0 aliphatic carbocycles. The average Bonchev–Trinajstić information content (AvgIpc) is 2.93. The number of ether oxygens (including phenoxy) is 4. The summed E-state index contributed by atoms with van der Waals surface area (Å²) in [5.41, 5.74) is -0.659. The third-order valence-corrected chi connectivity index (χ3v) is 7.61. The van der Waals surface area contributed by atoms with E-state index >= 15 is 0 Å². The zero-order valence-corrected chi connectivity index (χ0v) is 18.8. The number of halogens is 1. The highest BCUT2D eigenvalue weighted by atomic mass is 35.5. The van der Waals surface area contributed by atoms with Crippen LogP contribution in [-0.4, -0.2) is 72.7 Å². The third-order valence-electron chi connectivity index (χ3n) is 7.61. The van der Waals surface area contributed by atoms with E-state index < -0.39 is 0 Å². The van der Waals surface area contributed by atoms with E-state index in [2.05, 4.69) is 29.1 Å². The molecule has 0 aromatic rings. The topological polar surface area (TPSA) is 64.0 Å². The van der Waals surface area contributed by atoms with Crippen LogP contribution in [0, 0.1) is 0 Å². The molecule has 2 spiro atoms. The highest BCUT2D eigenvalue weighted by Crippen LogP contribution is 2.44. The van der Waals surface area contributed by atoms with Gasteiger partial charge in [0.15, 0.2) is 11.4 Å². The quantitative estimate of drug-likeness (QED) is 0.532. The van der Waals surface area contributed by atoms with Gasteiger partial charge in [-0.05, 0) is 39.5 Å². The Labute approximate surface area is 180 Å². The van der Waals surface area contributed by atoms with E-state index in [1.165, 1.54) is 12.8 Å². The second-order valence-corrected chi connectivity index (χ2v) is 9.58. The summed E-state index contributed by atoms with van der Waals surface area (Å²) in [5, 5.41) is 7.59. The number of methoxy groups -OCH3 is 2. The van der Waals surface area contributed by atoms with Crippen LogP contribution in [-0.2, 0) is 18.9 Å². The molecule has 0 amide bonds.